The van der Waals surface area contributed by atoms with Crippen LogP contribution in [0.15, 0.2) is 12.1 Å². The van der Waals surface area contributed by atoms with Gasteiger partial charge in [0.25, 0.3) is 0 Å². The minimum atomic E-state index is 0.232. The molecule has 1 amide bonds. The summed E-state index contributed by atoms with van der Waals surface area (Å²) in [6.07, 6.45) is 2.48. The lowest BCUT2D eigenvalue weighted by Gasteiger charge is -2.32. The first-order chi connectivity index (χ1) is 9.56. The molecule has 0 bridgehead atoms. The molecule has 110 valence electrons. The Morgan fingerprint density at radius 1 is 1.35 bits per heavy atom. The largest absolute Gasteiger partial charge is 0.495 e. The standard InChI is InChI=1S/C15H19Cl2NO2/c1-3-14(19)18-6-4-10(5-7-18)11-8-12(16)15(17)13(9-11)20-2/h8-10H,3-7H2,1-2H3. The van der Waals surface area contributed by atoms with Crippen molar-refractivity contribution in [3.63, 3.8) is 0 Å². The summed E-state index contributed by atoms with van der Waals surface area (Å²) in [6.45, 7) is 3.51. The van der Waals surface area contributed by atoms with Crippen LogP contribution in [0.1, 0.15) is 37.7 Å². The third-order valence-electron chi connectivity index (χ3n) is 3.86. The van der Waals surface area contributed by atoms with Crippen LogP contribution in [0.2, 0.25) is 10.0 Å². The molecule has 3 nitrogen and oxygen atoms in total. The van der Waals surface area contributed by atoms with Crippen molar-refractivity contribution in [2.24, 2.45) is 0 Å². The van der Waals surface area contributed by atoms with Gasteiger partial charge in [0.15, 0.2) is 0 Å². The zero-order valence-corrected chi connectivity index (χ0v) is 13.3. The molecule has 0 spiro atoms. The van der Waals surface area contributed by atoms with E-state index in [2.05, 4.69) is 0 Å². The minimum absolute atomic E-state index is 0.232. The lowest BCUT2D eigenvalue weighted by atomic mass is 9.89. The Hall–Kier alpha value is -0.930. The molecule has 2 rings (SSSR count). The molecule has 1 aromatic rings. The number of hydrogen-bond acceptors (Lipinski definition) is 2. The maximum absolute atomic E-state index is 11.7. The highest BCUT2D eigenvalue weighted by Gasteiger charge is 2.24. The fraction of sp³-hybridized carbons (Fsp3) is 0.533. The molecule has 1 aliphatic heterocycles. The third kappa shape index (κ3) is 3.21. The van der Waals surface area contributed by atoms with Crippen LogP contribution in [-0.4, -0.2) is 31.0 Å². The molecule has 1 heterocycles. The first-order valence-corrected chi connectivity index (χ1v) is 7.63. The average Bonchev–Trinajstić information content (AvgIpc) is 2.49. The molecule has 20 heavy (non-hydrogen) atoms. The van der Waals surface area contributed by atoms with Crippen LogP contribution in [0.4, 0.5) is 0 Å². The van der Waals surface area contributed by atoms with E-state index in [0.29, 0.717) is 28.1 Å². The lowest BCUT2D eigenvalue weighted by molar-refractivity contribution is -0.131. The number of ether oxygens (including phenoxy) is 1. The summed E-state index contributed by atoms with van der Waals surface area (Å²) in [6, 6.07) is 3.87. The Bertz CT molecular complexity index is 497. The van der Waals surface area contributed by atoms with Crippen LogP contribution < -0.4 is 4.74 Å². The van der Waals surface area contributed by atoms with Crippen molar-refractivity contribution in [1.82, 2.24) is 4.90 Å². The Kier molecular flexibility index (Phi) is 5.17. The van der Waals surface area contributed by atoms with Gasteiger partial charge in [-0.1, -0.05) is 30.1 Å². The first-order valence-electron chi connectivity index (χ1n) is 6.87. The van der Waals surface area contributed by atoms with Crippen LogP contribution in [-0.2, 0) is 4.79 Å². The predicted octanol–water partition coefficient (Wildman–Crippen LogP) is 4.12. The van der Waals surface area contributed by atoms with Gasteiger partial charge in [-0.05, 0) is 36.5 Å². The van der Waals surface area contributed by atoms with Gasteiger partial charge >= 0.3 is 0 Å². The van der Waals surface area contributed by atoms with E-state index in [1.165, 1.54) is 0 Å². The highest BCUT2D eigenvalue weighted by atomic mass is 35.5. The molecule has 0 aliphatic carbocycles. The van der Waals surface area contributed by atoms with Crippen LogP contribution in [0.3, 0.4) is 0 Å². The van der Waals surface area contributed by atoms with Crippen molar-refractivity contribution >= 4 is 29.1 Å². The molecular weight excluding hydrogens is 297 g/mol. The topological polar surface area (TPSA) is 29.5 Å². The molecule has 1 saturated heterocycles. The summed E-state index contributed by atoms with van der Waals surface area (Å²) in [4.78, 5) is 13.6. The van der Waals surface area contributed by atoms with Crippen molar-refractivity contribution in [3.05, 3.63) is 27.7 Å². The van der Waals surface area contributed by atoms with Gasteiger partial charge in [-0.2, -0.15) is 0 Å². The number of benzene rings is 1. The summed E-state index contributed by atoms with van der Waals surface area (Å²) >= 11 is 12.2. The number of likely N-dealkylation sites (tertiary alicyclic amines) is 1. The number of methoxy groups -OCH3 is 1. The van der Waals surface area contributed by atoms with Gasteiger partial charge in [-0.3, -0.25) is 4.79 Å². The van der Waals surface area contributed by atoms with Gasteiger partial charge in [-0.15, -0.1) is 0 Å². The quantitative estimate of drug-likeness (QED) is 0.839. The van der Waals surface area contributed by atoms with Gasteiger partial charge in [0.05, 0.1) is 12.1 Å². The van der Waals surface area contributed by atoms with Crippen LogP contribution in [0.25, 0.3) is 0 Å². The maximum Gasteiger partial charge on any atom is 0.222 e. The van der Waals surface area contributed by atoms with Crippen molar-refractivity contribution in [3.8, 4) is 5.75 Å². The minimum Gasteiger partial charge on any atom is -0.495 e. The molecule has 1 fully saturated rings. The van der Waals surface area contributed by atoms with E-state index in [9.17, 15) is 4.79 Å². The highest BCUT2D eigenvalue weighted by Crippen LogP contribution is 2.38. The number of carbonyl (C=O) groups excluding carboxylic acids is 1. The van der Waals surface area contributed by atoms with Gasteiger partial charge in [-0.25, -0.2) is 0 Å². The maximum atomic E-state index is 11.7. The molecule has 1 aromatic carbocycles. The third-order valence-corrected chi connectivity index (χ3v) is 4.64. The second-order valence-electron chi connectivity index (χ2n) is 5.03. The monoisotopic (exact) mass is 315 g/mol. The highest BCUT2D eigenvalue weighted by molar-refractivity contribution is 6.43. The summed E-state index contributed by atoms with van der Waals surface area (Å²) < 4.78 is 5.25. The molecule has 0 unspecified atom stereocenters. The lowest BCUT2D eigenvalue weighted by Crippen LogP contribution is -2.37. The molecule has 0 N–H and O–H groups in total. The molecule has 0 radical (unpaired) electrons. The number of piperidine rings is 1. The van der Waals surface area contributed by atoms with E-state index in [0.717, 1.165) is 31.5 Å². The summed E-state index contributed by atoms with van der Waals surface area (Å²) in [5, 5.41) is 0.976. The fourth-order valence-electron chi connectivity index (χ4n) is 2.65. The van der Waals surface area contributed by atoms with Crippen molar-refractivity contribution in [2.75, 3.05) is 20.2 Å². The Labute approximate surface area is 129 Å². The zero-order valence-electron chi connectivity index (χ0n) is 11.8. The number of rotatable bonds is 3. The summed E-state index contributed by atoms with van der Waals surface area (Å²) in [5.74, 6) is 1.25. The second-order valence-corrected chi connectivity index (χ2v) is 5.81. The molecule has 0 saturated carbocycles. The zero-order chi connectivity index (χ0) is 14.7. The van der Waals surface area contributed by atoms with E-state index >= 15 is 0 Å². The number of halogens is 2. The molecule has 0 atom stereocenters. The van der Waals surface area contributed by atoms with Crippen molar-refractivity contribution in [1.29, 1.82) is 0 Å². The van der Waals surface area contributed by atoms with Crippen LogP contribution in [0.5, 0.6) is 5.75 Å². The van der Waals surface area contributed by atoms with Gasteiger partial charge in [0, 0.05) is 19.5 Å². The fourth-order valence-corrected chi connectivity index (χ4v) is 3.06. The SMILES string of the molecule is CCC(=O)N1CCC(c2cc(Cl)c(Cl)c(OC)c2)CC1. The predicted molar refractivity (Wildman–Crippen MR) is 81.9 cm³/mol. The van der Waals surface area contributed by atoms with Gasteiger partial charge in [0.2, 0.25) is 5.91 Å². The molecule has 1 aliphatic rings. The van der Waals surface area contributed by atoms with Crippen LogP contribution in [0, 0.1) is 0 Å². The van der Waals surface area contributed by atoms with E-state index in [1.807, 2.05) is 24.0 Å². The van der Waals surface area contributed by atoms with Gasteiger partial charge < -0.3 is 9.64 Å². The molecule has 5 heteroatoms. The first kappa shape index (κ1) is 15.5. The van der Waals surface area contributed by atoms with E-state index < -0.39 is 0 Å². The Morgan fingerprint density at radius 2 is 2.00 bits per heavy atom. The number of carbonyl (C=O) groups is 1. The Morgan fingerprint density at radius 3 is 2.55 bits per heavy atom. The summed E-state index contributed by atoms with van der Waals surface area (Å²) in [7, 11) is 1.59. The summed E-state index contributed by atoms with van der Waals surface area (Å²) in [5.41, 5.74) is 1.14. The number of amides is 1. The Balaban J connectivity index is 2.11. The van der Waals surface area contributed by atoms with E-state index in [4.69, 9.17) is 27.9 Å². The smallest absolute Gasteiger partial charge is 0.222 e. The van der Waals surface area contributed by atoms with Crippen LogP contribution >= 0.6 is 23.2 Å². The van der Waals surface area contributed by atoms with Crippen molar-refractivity contribution < 1.29 is 9.53 Å². The number of nitrogens with zero attached hydrogens (tertiary/aromatic N) is 1. The molecule has 0 aromatic heterocycles. The van der Waals surface area contributed by atoms with Gasteiger partial charge in [0.1, 0.15) is 10.8 Å². The average molecular weight is 316 g/mol. The van der Waals surface area contributed by atoms with Crippen molar-refractivity contribution in [2.45, 2.75) is 32.1 Å². The second kappa shape index (κ2) is 6.68. The number of hydrogen-bond donors (Lipinski definition) is 0. The van der Waals surface area contributed by atoms with E-state index in [-0.39, 0.29) is 5.91 Å². The van der Waals surface area contributed by atoms with E-state index in [1.54, 1.807) is 7.11 Å². The normalized spacial score (nSPS) is 16.3. The molecular formula is C15H19Cl2NO2.